The van der Waals surface area contributed by atoms with E-state index in [-0.39, 0.29) is 10.8 Å². The molecule has 0 saturated heterocycles. The lowest BCUT2D eigenvalue weighted by atomic mass is 10.2. The fraction of sp³-hybridized carbons (Fsp3) is 0.500. The number of rotatable bonds is 5. The number of sulfonamides is 1. The predicted molar refractivity (Wildman–Crippen MR) is 81.7 cm³/mol. The molecule has 1 aromatic carbocycles. The number of hydrogen-bond donors (Lipinski definition) is 2. The third-order valence-corrected chi connectivity index (χ3v) is 4.75. The summed E-state index contributed by atoms with van der Waals surface area (Å²) in [6.07, 6.45) is 1.13. The summed E-state index contributed by atoms with van der Waals surface area (Å²) in [4.78, 5) is 13.7. The molecule has 0 spiro atoms. The molecular weight excluding hydrogens is 290 g/mol. The lowest BCUT2D eigenvalue weighted by Crippen LogP contribution is -2.27. The van der Waals surface area contributed by atoms with Gasteiger partial charge in [0, 0.05) is 26.2 Å². The molecule has 0 bridgehead atoms. The molecule has 21 heavy (non-hydrogen) atoms. The standard InChI is InChI=1S/C14H21N3O3S/c1-9-6-11(9)8-16-14(18)10-4-5-12(17(2)3)13(7-10)21(15,19)20/h4-5,7,9,11H,6,8H2,1-3H3,(H,16,18)(H2,15,19,20). The van der Waals surface area contributed by atoms with Gasteiger partial charge in [-0.05, 0) is 36.5 Å². The number of nitrogens with two attached hydrogens (primary N) is 1. The van der Waals surface area contributed by atoms with Gasteiger partial charge in [0.2, 0.25) is 10.0 Å². The van der Waals surface area contributed by atoms with Gasteiger partial charge in [0.1, 0.15) is 4.90 Å². The number of primary sulfonamides is 1. The summed E-state index contributed by atoms with van der Waals surface area (Å²) in [5.74, 6) is 0.915. The highest BCUT2D eigenvalue weighted by molar-refractivity contribution is 7.89. The van der Waals surface area contributed by atoms with Crippen LogP contribution in [0.15, 0.2) is 23.1 Å². The number of benzene rings is 1. The minimum absolute atomic E-state index is 0.0417. The van der Waals surface area contributed by atoms with Gasteiger partial charge < -0.3 is 10.2 Å². The molecule has 6 nitrogen and oxygen atoms in total. The van der Waals surface area contributed by atoms with Crippen LogP contribution in [-0.4, -0.2) is 35.0 Å². The van der Waals surface area contributed by atoms with Crippen molar-refractivity contribution in [2.75, 3.05) is 25.5 Å². The Hall–Kier alpha value is -1.60. The zero-order valence-electron chi connectivity index (χ0n) is 12.5. The molecule has 1 fully saturated rings. The van der Waals surface area contributed by atoms with Crippen LogP contribution in [0.25, 0.3) is 0 Å². The number of nitrogens with zero attached hydrogens (tertiary/aromatic N) is 1. The van der Waals surface area contributed by atoms with Crippen LogP contribution in [0.3, 0.4) is 0 Å². The monoisotopic (exact) mass is 311 g/mol. The minimum atomic E-state index is -3.88. The predicted octanol–water partition coefficient (Wildman–Crippen LogP) is 0.786. The summed E-state index contributed by atoms with van der Waals surface area (Å²) in [5.41, 5.74) is 0.766. The molecule has 0 radical (unpaired) electrons. The zero-order chi connectivity index (χ0) is 15.8. The van der Waals surface area contributed by atoms with Crippen LogP contribution in [0.5, 0.6) is 0 Å². The number of amides is 1. The Kier molecular flexibility index (Phi) is 4.25. The summed E-state index contributed by atoms with van der Waals surface area (Å²) in [6.45, 7) is 2.77. The van der Waals surface area contributed by atoms with Crippen molar-refractivity contribution in [1.82, 2.24) is 5.32 Å². The highest BCUT2D eigenvalue weighted by Crippen LogP contribution is 2.36. The molecule has 3 N–H and O–H groups in total. The Labute approximate surface area is 125 Å². The Morgan fingerprint density at radius 3 is 2.52 bits per heavy atom. The molecule has 0 heterocycles. The second-order valence-electron chi connectivity index (χ2n) is 5.81. The van der Waals surface area contributed by atoms with E-state index in [4.69, 9.17) is 5.14 Å². The maximum atomic E-state index is 12.1. The highest BCUT2D eigenvalue weighted by Gasteiger charge is 2.32. The Morgan fingerprint density at radius 1 is 1.43 bits per heavy atom. The fourth-order valence-corrected chi connectivity index (χ4v) is 3.10. The van der Waals surface area contributed by atoms with E-state index in [1.807, 2.05) is 0 Å². The second kappa shape index (κ2) is 5.65. The van der Waals surface area contributed by atoms with E-state index < -0.39 is 10.0 Å². The second-order valence-corrected chi connectivity index (χ2v) is 7.33. The molecule has 1 aliphatic rings. The van der Waals surface area contributed by atoms with Gasteiger partial charge in [0.15, 0.2) is 0 Å². The molecule has 1 amide bonds. The molecular formula is C14H21N3O3S. The van der Waals surface area contributed by atoms with Gasteiger partial charge in [-0.15, -0.1) is 0 Å². The van der Waals surface area contributed by atoms with Gasteiger partial charge in [-0.25, -0.2) is 13.6 Å². The van der Waals surface area contributed by atoms with Crippen LogP contribution in [0, 0.1) is 11.8 Å². The summed E-state index contributed by atoms with van der Waals surface area (Å²) in [7, 11) is -0.443. The Bertz CT molecular complexity index is 655. The fourth-order valence-electron chi connectivity index (χ4n) is 2.26. The van der Waals surface area contributed by atoms with Gasteiger partial charge in [-0.2, -0.15) is 0 Å². The third kappa shape index (κ3) is 3.74. The van der Waals surface area contributed by atoms with E-state index in [0.29, 0.717) is 29.6 Å². The number of nitrogens with one attached hydrogen (secondary N) is 1. The van der Waals surface area contributed by atoms with Gasteiger partial charge in [0.25, 0.3) is 5.91 Å². The van der Waals surface area contributed by atoms with Crippen molar-refractivity contribution in [3.05, 3.63) is 23.8 Å². The van der Waals surface area contributed by atoms with Crippen LogP contribution in [0.4, 0.5) is 5.69 Å². The van der Waals surface area contributed by atoms with Crippen LogP contribution in [0.2, 0.25) is 0 Å². The molecule has 0 aromatic heterocycles. The van der Waals surface area contributed by atoms with Crippen molar-refractivity contribution in [1.29, 1.82) is 0 Å². The molecule has 2 unspecified atom stereocenters. The largest absolute Gasteiger partial charge is 0.377 e. The van der Waals surface area contributed by atoms with Crippen LogP contribution < -0.4 is 15.4 Å². The zero-order valence-corrected chi connectivity index (χ0v) is 13.3. The topological polar surface area (TPSA) is 92.5 Å². The first-order valence-corrected chi connectivity index (χ1v) is 8.37. The molecule has 0 aliphatic heterocycles. The maximum Gasteiger partial charge on any atom is 0.251 e. The van der Waals surface area contributed by atoms with E-state index in [0.717, 1.165) is 6.42 Å². The van der Waals surface area contributed by atoms with E-state index in [9.17, 15) is 13.2 Å². The molecule has 2 rings (SSSR count). The van der Waals surface area contributed by atoms with Gasteiger partial charge >= 0.3 is 0 Å². The Balaban J connectivity index is 2.22. The Morgan fingerprint density at radius 2 is 2.05 bits per heavy atom. The van der Waals surface area contributed by atoms with Crippen molar-refractivity contribution in [3.63, 3.8) is 0 Å². The van der Waals surface area contributed by atoms with Crippen molar-refractivity contribution in [3.8, 4) is 0 Å². The quantitative estimate of drug-likeness (QED) is 0.840. The van der Waals surface area contributed by atoms with Crippen molar-refractivity contribution < 1.29 is 13.2 Å². The molecule has 1 aromatic rings. The lowest BCUT2D eigenvalue weighted by Gasteiger charge is -2.17. The molecule has 7 heteroatoms. The van der Waals surface area contributed by atoms with Crippen LogP contribution in [0.1, 0.15) is 23.7 Å². The number of carbonyl (C=O) groups excluding carboxylic acids is 1. The summed E-state index contributed by atoms with van der Waals surface area (Å²) < 4.78 is 23.3. The normalized spacial score (nSPS) is 21.0. The number of anilines is 1. The highest BCUT2D eigenvalue weighted by atomic mass is 32.2. The first-order valence-electron chi connectivity index (χ1n) is 6.82. The summed E-state index contributed by atoms with van der Waals surface area (Å²) in [6, 6.07) is 4.53. The molecule has 116 valence electrons. The van der Waals surface area contributed by atoms with Gasteiger partial charge in [-0.3, -0.25) is 4.79 Å². The van der Waals surface area contributed by atoms with E-state index in [1.165, 1.54) is 6.07 Å². The van der Waals surface area contributed by atoms with Crippen molar-refractivity contribution in [2.45, 2.75) is 18.2 Å². The molecule has 1 saturated carbocycles. The lowest BCUT2D eigenvalue weighted by molar-refractivity contribution is 0.0951. The smallest absolute Gasteiger partial charge is 0.251 e. The third-order valence-electron chi connectivity index (χ3n) is 3.81. The van der Waals surface area contributed by atoms with E-state index >= 15 is 0 Å². The van der Waals surface area contributed by atoms with E-state index in [2.05, 4.69) is 12.2 Å². The molecule has 1 aliphatic carbocycles. The minimum Gasteiger partial charge on any atom is -0.377 e. The summed E-state index contributed by atoms with van der Waals surface area (Å²) in [5, 5.41) is 8.06. The van der Waals surface area contributed by atoms with Gasteiger partial charge in [-0.1, -0.05) is 6.92 Å². The molecule has 2 atom stereocenters. The average Bonchev–Trinajstić information content (AvgIpc) is 3.10. The first-order chi connectivity index (χ1) is 9.70. The van der Waals surface area contributed by atoms with Gasteiger partial charge in [0.05, 0.1) is 5.69 Å². The van der Waals surface area contributed by atoms with Crippen molar-refractivity contribution >= 4 is 21.6 Å². The van der Waals surface area contributed by atoms with E-state index in [1.54, 1.807) is 31.1 Å². The number of hydrogen-bond acceptors (Lipinski definition) is 4. The summed E-state index contributed by atoms with van der Waals surface area (Å²) >= 11 is 0. The maximum absolute atomic E-state index is 12.1. The SMILES string of the molecule is CC1CC1CNC(=O)c1ccc(N(C)C)c(S(N)(=O)=O)c1. The number of carbonyl (C=O) groups is 1. The average molecular weight is 311 g/mol. The van der Waals surface area contributed by atoms with Crippen LogP contribution >= 0.6 is 0 Å². The van der Waals surface area contributed by atoms with Crippen LogP contribution in [-0.2, 0) is 10.0 Å². The first kappa shape index (κ1) is 15.8. The van der Waals surface area contributed by atoms with Crippen molar-refractivity contribution in [2.24, 2.45) is 17.0 Å².